The van der Waals surface area contributed by atoms with Crippen LogP contribution in [0.15, 0.2) is 60.9 Å². The van der Waals surface area contributed by atoms with Crippen LogP contribution < -0.4 is 22.1 Å². The van der Waals surface area contributed by atoms with Gasteiger partial charge in [-0.05, 0) is 24.3 Å². The van der Waals surface area contributed by atoms with E-state index in [0.29, 0.717) is 23.3 Å². The molecule has 2 aromatic carbocycles. The third kappa shape index (κ3) is 3.78. The first kappa shape index (κ1) is 17.2. The quantitative estimate of drug-likeness (QED) is 0.324. The lowest BCUT2D eigenvalue weighted by Gasteiger charge is -2.09. The summed E-state index contributed by atoms with van der Waals surface area (Å²) in [7, 11) is 0. The Morgan fingerprint density at radius 3 is 1.64 bits per heavy atom. The molecule has 0 bridgehead atoms. The van der Waals surface area contributed by atoms with E-state index < -0.39 is 0 Å². The average molecular weight is 374 g/mol. The van der Waals surface area contributed by atoms with Gasteiger partial charge in [-0.25, -0.2) is 14.8 Å². The maximum Gasteiger partial charge on any atom is 0.323 e. The van der Waals surface area contributed by atoms with E-state index in [1.807, 2.05) is 36.4 Å². The number of nitrogens with one attached hydrogen (secondary N) is 4. The highest BCUT2D eigenvalue weighted by atomic mass is 16.2. The number of rotatable bonds is 4. The lowest BCUT2D eigenvalue weighted by molar-refractivity contribution is 0.262. The van der Waals surface area contributed by atoms with Gasteiger partial charge in [-0.3, -0.25) is 0 Å². The number of carbonyl (C=O) groups excluding carboxylic acids is 1. The number of hydrogen-bond donors (Lipinski definition) is 6. The molecule has 0 aliphatic rings. The van der Waals surface area contributed by atoms with Gasteiger partial charge in [0.05, 0.1) is 23.8 Å². The summed E-state index contributed by atoms with van der Waals surface area (Å²) >= 11 is 0. The zero-order valence-corrected chi connectivity index (χ0v) is 14.7. The van der Waals surface area contributed by atoms with Crippen molar-refractivity contribution in [1.82, 2.24) is 19.9 Å². The molecule has 2 amide bonds. The van der Waals surface area contributed by atoms with Gasteiger partial charge in [0, 0.05) is 22.5 Å². The first-order valence-electron chi connectivity index (χ1n) is 8.47. The van der Waals surface area contributed by atoms with Gasteiger partial charge >= 0.3 is 6.03 Å². The van der Waals surface area contributed by atoms with Gasteiger partial charge in [0.25, 0.3) is 0 Å². The van der Waals surface area contributed by atoms with Crippen LogP contribution in [-0.2, 0) is 0 Å². The molecular formula is C19H18N8O. The second-order valence-electron chi connectivity index (χ2n) is 6.10. The van der Waals surface area contributed by atoms with Crippen LogP contribution >= 0.6 is 0 Å². The van der Waals surface area contributed by atoms with Crippen molar-refractivity contribution in [2.24, 2.45) is 0 Å². The second kappa shape index (κ2) is 7.16. The lowest BCUT2D eigenvalue weighted by atomic mass is 10.1. The summed E-state index contributed by atoms with van der Waals surface area (Å²) in [5, 5.41) is 5.63. The zero-order chi connectivity index (χ0) is 19.5. The molecule has 2 heterocycles. The SMILES string of the molecule is Nc1ncc(-c2cccc(NC(=O)Nc3cccc(-c4cnc(N)[nH]4)c3)c2)[nH]1. The van der Waals surface area contributed by atoms with Crippen LogP contribution in [0.2, 0.25) is 0 Å². The number of H-pyrrole nitrogens is 2. The molecule has 4 aromatic rings. The fraction of sp³-hybridized carbons (Fsp3) is 0. The Kier molecular flexibility index (Phi) is 4.38. The van der Waals surface area contributed by atoms with Gasteiger partial charge in [0.2, 0.25) is 0 Å². The minimum atomic E-state index is -0.359. The van der Waals surface area contributed by atoms with Crippen molar-refractivity contribution in [3.63, 3.8) is 0 Å². The largest absolute Gasteiger partial charge is 0.369 e. The van der Waals surface area contributed by atoms with Crippen molar-refractivity contribution in [2.45, 2.75) is 0 Å². The fourth-order valence-electron chi connectivity index (χ4n) is 2.79. The Labute approximate surface area is 160 Å². The number of aromatic amines is 2. The zero-order valence-electron chi connectivity index (χ0n) is 14.7. The molecular weight excluding hydrogens is 356 g/mol. The molecule has 9 nitrogen and oxygen atoms in total. The van der Waals surface area contributed by atoms with Crippen LogP contribution in [0.4, 0.5) is 28.1 Å². The van der Waals surface area contributed by atoms with Gasteiger partial charge in [-0.2, -0.15) is 0 Å². The Bertz CT molecular complexity index is 1040. The number of nitrogen functional groups attached to an aromatic ring is 2. The highest BCUT2D eigenvalue weighted by molar-refractivity contribution is 6.00. The van der Waals surface area contributed by atoms with Crippen LogP contribution in [0.25, 0.3) is 22.5 Å². The van der Waals surface area contributed by atoms with E-state index in [9.17, 15) is 4.79 Å². The number of nitrogens with two attached hydrogens (primary N) is 2. The number of nitrogens with zero attached hydrogens (tertiary/aromatic N) is 2. The molecule has 28 heavy (non-hydrogen) atoms. The van der Waals surface area contributed by atoms with Crippen LogP contribution in [-0.4, -0.2) is 26.0 Å². The van der Waals surface area contributed by atoms with Gasteiger partial charge in [0.15, 0.2) is 11.9 Å². The van der Waals surface area contributed by atoms with Gasteiger partial charge in [0.1, 0.15) is 0 Å². The third-order valence-corrected chi connectivity index (χ3v) is 4.05. The van der Waals surface area contributed by atoms with E-state index in [0.717, 1.165) is 22.5 Å². The first-order valence-corrected chi connectivity index (χ1v) is 8.47. The predicted octanol–water partition coefficient (Wildman–Crippen LogP) is 3.28. The number of hydrogen-bond acceptors (Lipinski definition) is 5. The number of imidazole rings is 2. The Morgan fingerprint density at radius 1 is 0.786 bits per heavy atom. The number of benzene rings is 2. The smallest absolute Gasteiger partial charge is 0.323 e. The molecule has 0 unspecified atom stereocenters. The molecule has 0 saturated heterocycles. The number of aromatic nitrogens is 4. The van der Waals surface area contributed by atoms with Crippen LogP contribution in [0.1, 0.15) is 0 Å². The number of carbonyl (C=O) groups is 1. The Morgan fingerprint density at radius 2 is 1.25 bits per heavy atom. The number of amides is 2. The summed E-state index contributed by atoms with van der Waals surface area (Å²) in [5.74, 6) is 0.676. The summed E-state index contributed by atoms with van der Waals surface area (Å²) in [4.78, 5) is 26.3. The molecule has 0 aliphatic heterocycles. The van der Waals surface area contributed by atoms with E-state index in [1.54, 1.807) is 24.5 Å². The molecule has 0 spiro atoms. The Hall–Kier alpha value is -4.27. The summed E-state index contributed by atoms with van der Waals surface area (Å²) in [5.41, 5.74) is 15.8. The van der Waals surface area contributed by atoms with Crippen molar-refractivity contribution in [2.75, 3.05) is 22.1 Å². The van der Waals surface area contributed by atoms with E-state index >= 15 is 0 Å². The van der Waals surface area contributed by atoms with E-state index in [4.69, 9.17) is 11.5 Å². The summed E-state index contributed by atoms with van der Waals surface area (Å²) in [6.45, 7) is 0. The topological polar surface area (TPSA) is 151 Å². The molecule has 140 valence electrons. The maximum atomic E-state index is 12.4. The molecule has 0 radical (unpaired) electrons. The van der Waals surface area contributed by atoms with Crippen LogP contribution in [0.3, 0.4) is 0 Å². The van der Waals surface area contributed by atoms with Gasteiger partial charge in [-0.15, -0.1) is 0 Å². The number of anilines is 4. The molecule has 4 rings (SSSR count). The number of urea groups is 1. The molecule has 9 heteroatoms. The van der Waals surface area contributed by atoms with Crippen molar-refractivity contribution in [3.05, 3.63) is 60.9 Å². The minimum absolute atomic E-state index is 0.338. The van der Waals surface area contributed by atoms with Crippen molar-refractivity contribution >= 4 is 29.3 Å². The van der Waals surface area contributed by atoms with Crippen molar-refractivity contribution < 1.29 is 4.79 Å². The van der Waals surface area contributed by atoms with E-state index in [1.165, 1.54) is 0 Å². The van der Waals surface area contributed by atoms with Crippen LogP contribution in [0, 0.1) is 0 Å². The Balaban J connectivity index is 1.46. The molecule has 2 aromatic heterocycles. The van der Waals surface area contributed by atoms with E-state index in [-0.39, 0.29) is 6.03 Å². The molecule has 8 N–H and O–H groups in total. The molecule has 0 atom stereocenters. The summed E-state index contributed by atoms with van der Waals surface area (Å²) in [6, 6.07) is 14.4. The third-order valence-electron chi connectivity index (χ3n) is 4.05. The molecule has 0 fully saturated rings. The molecule has 0 saturated carbocycles. The maximum absolute atomic E-state index is 12.4. The van der Waals surface area contributed by atoms with Gasteiger partial charge < -0.3 is 32.1 Å². The van der Waals surface area contributed by atoms with Gasteiger partial charge in [-0.1, -0.05) is 24.3 Å². The van der Waals surface area contributed by atoms with Crippen molar-refractivity contribution in [3.8, 4) is 22.5 Å². The highest BCUT2D eigenvalue weighted by Gasteiger charge is 2.07. The summed E-state index contributed by atoms with van der Waals surface area (Å²) in [6.07, 6.45) is 3.28. The van der Waals surface area contributed by atoms with Crippen molar-refractivity contribution in [1.29, 1.82) is 0 Å². The predicted molar refractivity (Wildman–Crippen MR) is 110 cm³/mol. The normalized spacial score (nSPS) is 10.6. The van der Waals surface area contributed by atoms with Crippen LogP contribution in [0.5, 0.6) is 0 Å². The fourth-order valence-corrected chi connectivity index (χ4v) is 2.79. The van der Waals surface area contributed by atoms with E-state index in [2.05, 4.69) is 30.6 Å². The minimum Gasteiger partial charge on any atom is -0.369 e. The average Bonchev–Trinajstić information content (AvgIpc) is 3.30. The first-order chi connectivity index (χ1) is 13.6. The standard InChI is InChI=1S/C19H18N8O/c20-17-22-9-15(26-17)11-3-1-5-13(7-11)24-19(28)25-14-6-2-4-12(8-14)16-10-23-18(21)27-16/h1-10H,(H3,20,22,26)(H3,21,23,27)(H2,24,25,28). The second-order valence-corrected chi connectivity index (χ2v) is 6.10. The lowest BCUT2D eigenvalue weighted by Crippen LogP contribution is -2.19. The monoisotopic (exact) mass is 374 g/mol. The molecule has 0 aliphatic carbocycles. The summed E-state index contributed by atoms with van der Waals surface area (Å²) < 4.78 is 0. The highest BCUT2D eigenvalue weighted by Crippen LogP contribution is 2.23.